The minimum absolute atomic E-state index is 0.637. The first-order valence-electron chi connectivity index (χ1n) is 5.54. The summed E-state index contributed by atoms with van der Waals surface area (Å²) in [6, 6.07) is 7.14. The van der Waals surface area contributed by atoms with Crippen LogP contribution in [0.4, 0.5) is 4.79 Å². The van der Waals surface area contributed by atoms with Gasteiger partial charge in [-0.1, -0.05) is 0 Å². The summed E-state index contributed by atoms with van der Waals surface area (Å²) in [5.74, 6) is 0.736. The van der Waals surface area contributed by atoms with Gasteiger partial charge in [0.25, 0.3) is 0 Å². The van der Waals surface area contributed by atoms with E-state index < -0.39 is 11.6 Å². The molecule has 1 aromatic carbocycles. The van der Waals surface area contributed by atoms with Gasteiger partial charge in [-0.3, -0.25) is 0 Å². The average molecular weight is 249 g/mol. The summed E-state index contributed by atoms with van der Waals surface area (Å²) in [4.78, 5) is 10.9. The Bertz CT molecular complexity index is 433. The van der Waals surface area contributed by atoms with Crippen molar-refractivity contribution >= 4 is 12.3 Å². The SMILES string of the molecule is COc1ccc(/C=N/N(C(=O)[O-])C(C)(C)C)cc1. The van der Waals surface area contributed by atoms with Crippen LogP contribution < -0.4 is 9.84 Å². The van der Waals surface area contributed by atoms with Gasteiger partial charge in [-0.2, -0.15) is 5.10 Å². The van der Waals surface area contributed by atoms with Crippen molar-refractivity contribution < 1.29 is 14.6 Å². The molecule has 5 heteroatoms. The summed E-state index contributed by atoms with van der Waals surface area (Å²) in [5, 5.41) is 15.8. The van der Waals surface area contributed by atoms with Crippen LogP contribution in [0.2, 0.25) is 0 Å². The van der Waals surface area contributed by atoms with Gasteiger partial charge in [0.2, 0.25) is 0 Å². The van der Waals surface area contributed by atoms with Crippen molar-refractivity contribution in [2.24, 2.45) is 5.10 Å². The molecule has 0 aliphatic heterocycles. The molecule has 1 aromatic rings. The lowest BCUT2D eigenvalue weighted by Crippen LogP contribution is -2.48. The van der Waals surface area contributed by atoms with Crippen molar-refractivity contribution in [2.75, 3.05) is 7.11 Å². The molecule has 0 aliphatic rings. The highest BCUT2D eigenvalue weighted by molar-refractivity contribution is 5.80. The Morgan fingerprint density at radius 2 is 1.89 bits per heavy atom. The van der Waals surface area contributed by atoms with Crippen molar-refractivity contribution in [1.29, 1.82) is 0 Å². The summed E-state index contributed by atoms with van der Waals surface area (Å²) in [6.45, 7) is 5.23. The molecule has 0 N–H and O–H groups in total. The maximum atomic E-state index is 10.9. The van der Waals surface area contributed by atoms with E-state index in [4.69, 9.17) is 4.74 Å². The number of methoxy groups -OCH3 is 1. The number of nitrogens with zero attached hydrogens (tertiary/aromatic N) is 2. The molecule has 0 aromatic heterocycles. The molecule has 5 nitrogen and oxygen atoms in total. The van der Waals surface area contributed by atoms with E-state index in [0.717, 1.165) is 16.3 Å². The summed E-state index contributed by atoms with van der Waals surface area (Å²) < 4.78 is 5.03. The van der Waals surface area contributed by atoms with Crippen molar-refractivity contribution in [3.05, 3.63) is 29.8 Å². The number of carbonyl (C=O) groups excluding carboxylic acids is 1. The van der Waals surface area contributed by atoms with Crippen LogP contribution in [0.3, 0.4) is 0 Å². The predicted octanol–water partition coefficient (Wildman–Crippen LogP) is 1.47. The number of hydrogen-bond acceptors (Lipinski definition) is 4. The normalized spacial score (nSPS) is 11.6. The molecule has 0 saturated carbocycles. The molecular formula is C13H17N2O3-. The van der Waals surface area contributed by atoms with Crippen molar-refractivity contribution in [2.45, 2.75) is 26.3 Å². The zero-order chi connectivity index (χ0) is 13.8. The fourth-order valence-electron chi connectivity index (χ4n) is 1.31. The average Bonchev–Trinajstić information content (AvgIpc) is 2.28. The molecule has 0 atom stereocenters. The quantitative estimate of drug-likeness (QED) is 0.602. The van der Waals surface area contributed by atoms with Crippen molar-refractivity contribution in [3.8, 4) is 5.75 Å². The van der Waals surface area contributed by atoms with Gasteiger partial charge < -0.3 is 14.6 Å². The number of hydrogen-bond donors (Lipinski definition) is 0. The van der Waals surface area contributed by atoms with Crippen LogP contribution >= 0.6 is 0 Å². The van der Waals surface area contributed by atoms with E-state index in [1.807, 2.05) is 0 Å². The molecule has 0 bridgehead atoms. The second-order valence-corrected chi connectivity index (χ2v) is 4.77. The van der Waals surface area contributed by atoms with Crippen LogP contribution in [-0.4, -0.2) is 30.0 Å². The Morgan fingerprint density at radius 3 is 2.28 bits per heavy atom. The minimum atomic E-state index is -1.33. The van der Waals surface area contributed by atoms with Gasteiger partial charge in [-0.25, -0.2) is 5.01 Å². The summed E-state index contributed by atoms with van der Waals surface area (Å²) in [7, 11) is 1.58. The Labute approximate surface area is 107 Å². The number of ether oxygens (including phenoxy) is 1. The standard InChI is InChI=1S/C13H18N2O3/c1-13(2,3)15(12(16)17)14-9-10-5-7-11(18-4)8-6-10/h5-9H,1-4H3,(H,16,17)/p-1/b14-9+. The van der Waals surface area contributed by atoms with E-state index in [1.165, 1.54) is 6.21 Å². The molecule has 18 heavy (non-hydrogen) atoms. The molecular weight excluding hydrogens is 232 g/mol. The fourth-order valence-corrected chi connectivity index (χ4v) is 1.31. The van der Waals surface area contributed by atoms with Crippen LogP contribution in [0.1, 0.15) is 26.3 Å². The lowest BCUT2D eigenvalue weighted by molar-refractivity contribution is -0.270. The van der Waals surface area contributed by atoms with E-state index in [0.29, 0.717) is 0 Å². The highest BCUT2D eigenvalue weighted by atomic mass is 16.5. The summed E-state index contributed by atoms with van der Waals surface area (Å²) in [5.41, 5.74) is 0.147. The number of carboxylic acid groups (broad SMARTS) is 1. The predicted molar refractivity (Wildman–Crippen MR) is 67.6 cm³/mol. The third kappa shape index (κ3) is 3.76. The van der Waals surface area contributed by atoms with Crippen LogP contribution in [0.15, 0.2) is 29.4 Å². The van der Waals surface area contributed by atoms with E-state index in [2.05, 4.69) is 5.10 Å². The highest BCUT2D eigenvalue weighted by Gasteiger charge is 2.20. The summed E-state index contributed by atoms with van der Waals surface area (Å²) in [6.07, 6.45) is 0.146. The summed E-state index contributed by atoms with van der Waals surface area (Å²) >= 11 is 0. The maximum Gasteiger partial charge on any atom is 0.158 e. The zero-order valence-corrected chi connectivity index (χ0v) is 11.0. The van der Waals surface area contributed by atoms with Gasteiger partial charge in [0, 0.05) is 0 Å². The maximum absolute atomic E-state index is 10.9. The van der Waals surface area contributed by atoms with Gasteiger partial charge in [0.1, 0.15) is 5.75 Å². The van der Waals surface area contributed by atoms with Gasteiger partial charge in [0.15, 0.2) is 6.09 Å². The van der Waals surface area contributed by atoms with Gasteiger partial charge in [0.05, 0.1) is 18.9 Å². The van der Waals surface area contributed by atoms with Gasteiger partial charge in [-0.05, 0) is 50.6 Å². The van der Waals surface area contributed by atoms with E-state index in [-0.39, 0.29) is 0 Å². The monoisotopic (exact) mass is 249 g/mol. The van der Waals surface area contributed by atoms with E-state index in [9.17, 15) is 9.90 Å². The molecule has 1 amide bonds. The Balaban J connectivity index is 2.86. The smallest absolute Gasteiger partial charge is 0.158 e. The first-order chi connectivity index (χ1) is 8.34. The molecule has 0 spiro atoms. The largest absolute Gasteiger partial charge is 0.529 e. The van der Waals surface area contributed by atoms with Crippen LogP contribution in [0.25, 0.3) is 0 Å². The third-order valence-corrected chi connectivity index (χ3v) is 2.25. The molecule has 0 fully saturated rings. The molecule has 1 rings (SSSR count). The molecule has 0 radical (unpaired) electrons. The fraction of sp³-hybridized carbons (Fsp3) is 0.385. The molecule has 0 unspecified atom stereocenters. The first-order valence-corrected chi connectivity index (χ1v) is 5.54. The van der Waals surface area contributed by atoms with Crippen LogP contribution in [0.5, 0.6) is 5.75 Å². The second kappa shape index (κ2) is 5.53. The Morgan fingerprint density at radius 1 is 1.33 bits per heavy atom. The number of rotatable bonds is 3. The lowest BCUT2D eigenvalue weighted by atomic mass is 10.1. The second-order valence-electron chi connectivity index (χ2n) is 4.77. The lowest BCUT2D eigenvalue weighted by Gasteiger charge is -2.32. The number of amides is 1. The third-order valence-electron chi connectivity index (χ3n) is 2.25. The van der Waals surface area contributed by atoms with Crippen molar-refractivity contribution in [3.63, 3.8) is 0 Å². The van der Waals surface area contributed by atoms with E-state index >= 15 is 0 Å². The molecule has 98 valence electrons. The molecule has 0 aliphatic carbocycles. The first kappa shape index (κ1) is 14.0. The Kier molecular flexibility index (Phi) is 4.31. The van der Waals surface area contributed by atoms with Gasteiger partial charge >= 0.3 is 0 Å². The highest BCUT2D eigenvalue weighted by Crippen LogP contribution is 2.14. The number of benzene rings is 1. The van der Waals surface area contributed by atoms with Crippen LogP contribution in [-0.2, 0) is 0 Å². The van der Waals surface area contributed by atoms with Gasteiger partial charge in [-0.15, -0.1) is 0 Å². The van der Waals surface area contributed by atoms with Crippen molar-refractivity contribution in [1.82, 2.24) is 5.01 Å². The van der Waals surface area contributed by atoms with E-state index in [1.54, 1.807) is 52.1 Å². The zero-order valence-electron chi connectivity index (χ0n) is 11.0. The topological polar surface area (TPSA) is 65.0 Å². The molecule has 0 heterocycles. The Hall–Kier alpha value is -2.04. The number of hydrazone groups is 1. The minimum Gasteiger partial charge on any atom is -0.529 e. The number of carbonyl (C=O) groups is 1. The van der Waals surface area contributed by atoms with Crippen LogP contribution in [0, 0.1) is 0 Å². The molecule has 0 saturated heterocycles.